The van der Waals surface area contributed by atoms with Gasteiger partial charge in [0.1, 0.15) is 0 Å². The summed E-state index contributed by atoms with van der Waals surface area (Å²) in [6, 6.07) is 3.98. The van der Waals surface area contributed by atoms with E-state index in [0.29, 0.717) is 6.54 Å². The van der Waals surface area contributed by atoms with Gasteiger partial charge in [-0.25, -0.2) is 0 Å². The fourth-order valence-corrected chi connectivity index (χ4v) is 2.10. The summed E-state index contributed by atoms with van der Waals surface area (Å²) >= 11 is 0. The smallest absolute Gasteiger partial charge is 0.310 e. The van der Waals surface area contributed by atoms with Crippen molar-refractivity contribution in [1.82, 2.24) is 10.3 Å². The first-order valence-corrected chi connectivity index (χ1v) is 6.31. The molecule has 0 radical (unpaired) electrons. The van der Waals surface area contributed by atoms with Crippen molar-refractivity contribution < 1.29 is 9.90 Å². The van der Waals surface area contributed by atoms with Crippen LogP contribution >= 0.6 is 0 Å². The highest BCUT2D eigenvalue weighted by Crippen LogP contribution is 2.45. The minimum atomic E-state index is -0.672. The zero-order valence-corrected chi connectivity index (χ0v) is 10.9. The molecule has 0 amide bonds. The molecule has 1 saturated carbocycles. The third-order valence-electron chi connectivity index (χ3n) is 3.78. The average Bonchev–Trinajstić information content (AvgIpc) is 3.11. The molecule has 2 rings (SSSR count). The van der Waals surface area contributed by atoms with Crippen LogP contribution in [-0.4, -0.2) is 29.1 Å². The van der Waals surface area contributed by atoms with Gasteiger partial charge in [-0.2, -0.15) is 0 Å². The first-order valence-electron chi connectivity index (χ1n) is 6.31. The summed E-state index contributed by atoms with van der Waals surface area (Å²) < 4.78 is 0. The van der Waals surface area contributed by atoms with Crippen molar-refractivity contribution in [3.05, 3.63) is 30.1 Å². The summed E-state index contributed by atoms with van der Waals surface area (Å²) in [5.41, 5.74) is 0.631. The summed E-state index contributed by atoms with van der Waals surface area (Å²) in [4.78, 5) is 15.2. The van der Waals surface area contributed by atoms with Crippen molar-refractivity contribution in [3.63, 3.8) is 0 Å². The third-order valence-corrected chi connectivity index (χ3v) is 3.78. The average molecular weight is 248 g/mol. The molecule has 1 aromatic heterocycles. The van der Waals surface area contributed by atoms with Crippen molar-refractivity contribution in [3.8, 4) is 0 Å². The van der Waals surface area contributed by atoms with Gasteiger partial charge in [-0.15, -0.1) is 0 Å². The number of nitrogens with one attached hydrogen (secondary N) is 1. The Kier molecular flexibility index (Phi) is 3.39. The van der Waals surface area contributed by atoms with E-state index in [-0.39, 0.29) is 5.41 Å². The molecule has 2 N–H and O–H groups in total. The van der Waals surface area contributed by atoms with Gasteiger partial charge in [0.05, 0.1) is 5.41 Å². The van der Waals surface area contributed by atoms with Gasteiger partial charge in [0.2, 0.25) is 0 Å². The number of aromatic nitrogens is 1. The summed E-state index contributed by atoms with van der Waals surface area (Å²) in [6.07, 6.45) is 5.22. The third kappa shape index (κ3) is 2.70. The number of nitrogens with zero attached hydrogens (tertiary/aromatic N) is 1. The number of carboxylic acids is 1. The van der Waals surface area contributed by atoms with Crippen LogP contribution in [0.4, 0.5) is 0 Å². The lowest BCUT2D eigenvalue weighted by molar-refractivity contribution is -0.143. The van der Waals surface area contributed by atoms with Crippen LogP contribution in [-0.2, 0) is 10.2 Å². The summed E-state index contributed by atoms with van der Waals surface area (Å²) in [6.45, 7) is 5.59. The predicted molar refractivity (Wildman–Crippen MR) is 69.4 cm³/mol. The lowest BCUT2D eigenvalue weighted by atomic mass is 9.85. The van der Waals surface area contributed by atoms with E-state index < -0.39 is 11.4 Å². The second-order valence-electron chi connectivity index (χ2n) is 5.81. The largest absolute Gasteiger partial charge is 0.481 e. The molecule has 98 valence electrons. The van der Waals surface area contributed by atoms with Crippen molar-refractivity contribution in [2.45, 2.75) is 32.1 Å². The Hall–Kier alpha value is -1.42. The Bertz CT molecular complexity index is 425. The lowest BCUT2D eigenvalue weighted by Crippen LogP contribution is -2.38. The summed E-state index contributed by atoms with van der Waals surface area (Å²) in [5.74, 6) is -0.672. The monoisotopic (exact) mass is 248 g/mol. The van der Waals surface area contributed by atoms with E-state index in [4.69, 9.17) is 5.11 Å². The molecule has 0 bridgehead atoms. The fourth-order valence-electron chi connectivity index (χ4n) is 2.10. The van der Waals surface area contributed by atoms with Gasteiger partial charge in [0.15, 0.2) is 0 Å². The molecule has 0 atom stereocenters. The van der Waals surface area contributed by atoms with E-state index in [0.717, 1.165) is 24.9 Å². The quantitative estimate of drug-likeness (QED) is 0.806. The molecule has 1 heterocycles. The van der Waals surface area contributed by atoms with Crippen LogP contribution < -0.4 is 5.32 Å². The molecule has 0 aliphatic heterocycles. The number of carboxylic acid groups (broad SMARTS) is 1. The molecule has 1 aliphatic rings. The van der Waals surface area contributed by atoms with Crippen LogP contribution in [0.5, 0.6) is 0 Å². The van der Waals surface area contributed by atoms with E-state index in [1.165, 1.54) is 0 Å². The van der Waals surface area contributed by atoms with E-state index >= 15 is 0 Å². The van der Waals surface area contributed by atoms with Gasteiger partial charge in [-0.3, -0.25) is 9.78 Å². The first-order chi connectivity index (χ1) is 8.46. The highest BCUT2D eigenvalue weighted by atomic mass is 16.4. The molecular weight excluding hydrogens is 228 g/mol. The molecule has 0 aromatic carbocycles. The van der Waals surface area contributed by atoms with Crippen molar-refractivity contribution in [2.24, 2.45) is 5.41 Å². The lowest BCUT2D eigenvalue weighted by Gasteiger charge is -2.26. The van der Waals surface area contributed by atoms with Crippen LogP contribution in [0.15, 0.2) is 24.5 Å². The zero-order valence-electron chi connectivity index (χ0n) is 10.9. The Morgan fingerprint density at radius 1 is 1.56 bits per heavy atom. The van der Waals surface area contributed by atoms with Crippen molar-refractivity contribution in [1.29, 1.82) is 0 Å². The number of pyridine rings is 1. The topological polar surface area (TPSA) is 62.2 Å². The maximum Gasteiger partial charge on any atom is 0.310 e. The number of rotatable bonds is 6. The number of carbonyl (C=O) groups is 1. The van der Waals surface area contributed by atoms with Gasteiger partial charge in [-0.05, 0) is 24.5 Å². The van der Waals surface area contributed by atoms with E-state index in [9.17, 15) is 4.79 Å². The van der Waals surface area contributed by atoms with Crippen LogP contribution in [0.2, 0.25) is 0 Å². The molecule has 1 fully saturated rings. The Morgan fingerprint density at radius 2 is 2.28 bits per heavy atom. The predicted octanol–water partition coefficient (Wildman–Crippen LogP) is 1.81. The maximum absolute atomic E-state index is 11.1. The maximum atomic E-state index is 11.1. The van der Waals surface area contributed by atoms with Gasteiger partial charge in [-0.1, -0.05) is 19.9 Å². The van der Waals surface area contributed by atoms with Crippen LogP contribution in [0.1, 0.15) is 32.3 Å². The highest BCUT2D eigenvalue weighted by molar-refractivity contribution is 5.78. The number of aliphatic carboxylic acids is 1. The van der Waals surface area contributed by atoms with Gasteiger partial charge < -0.3 is 10.4 Å². The Morgan fingerprint density at radius 3 is 2.78 bits per heavy atom. The first kappa shape index (κ1) is 13.0. The number of hydrogen-bond acceptors (Lipinski definition) is 3. The molecule has 0 unspecified atom stereocenters. The summed E-state index contributed by atoms with van der Waals surface area (Å²) in [5, 5.41) is 12.4. The summed E-state index contributed by atoms with van der Waals surface area (Å²) in [7, 11) is 0. The van der Waals surface area contributed by atoms with Crippen molar-refractivity contribution >= 4 is 5.97 Å². The van der Waals surface area contributed by atoms with Crippen molar-refractivity contribution in [2.75, 3.05) is 13.1 Å². The van der Waals surface area contributed by atoms with Gasteiger partial charge >= 0.3 is 5.97 Å². The second kappa shape index (κ2) is 4.69. The van der Waals surface area contributed by atoms with E-state index in [1.54, 1.807) is 6.20 Å². The van der Waals surface area contributed by atoms with Crippen LogP contribution in [0.25, 0.3) is 0 Å². The van der Waals surface area contributed by atoms with E-state index in [2.05, 4.69) is 30.2 Å². The van der Waals surface area contributed by atoms with E-state index in [1.807, 2.05) is 12.3 Å². The number of hydrogen-bond donors (Lipinski definition) is 2. The fraction of sp³-hybridized carbons (Fsp3) is 0.571. The minimum absolute atomic E-state index is 0.0388. The molecule has 4 nitrogen and oxygen atoms in total. The standard InChI is InChI=1S/C14H20N2O2/c1-13(2,11-4-3-7-15-8-11)9-16-10-14(5-6-14)12(17)18/h3-4,7-8,16H,5-6,9-10H2,1-2H3,(H,17,18). The van der Waals surface area contributed by atoms with Gasteiger partial charge in [0.25, 0.3) is 0 Å². The second-order valence-corrected chi connectivity index (χ2v) is 5.81. The van der Waals surface area contributed by atoms with Crippen LogP contribution in [0.3, 0.4) is 0 Å². The Labute approximate surface area is 107 Å². The Balaban J connectivity index is 1.88. The molecule has 1 aromatic rings. The molecule has 0 spiro atoms. The molecule has 4 heteroatoms. The molecule has 18 heavy (non-hydrogen) atoms. The molecule has 1 aliphatic carbocycles. The normalized spacial score (nSPS) is 17.4. The van der Waals surface area contributed by atoms with Gasteiger partial charge in [0, 0.05) is 30.9 Å². The highest BCUT2D eigenvalue weighted by Gasteiger charge is 2.49. The minimum Gasteiger partial charge on any atom is -0.481 e. The molecular formula is C14H20N2O2. The van der Waals surface area contributed by atoms with Crippen LogP contribution in [0, 0.1) is 5.41 Å². The zero-order chi connectivity index (χ0) is 13.2. The SMILES string of the molecule is CC(C)(CNCC1(C(=O)O)CC1)c1cccnc1. The molecule has 0 saturated heterocycles.